The minimum absolute atomic E-state index is 0.0148. The topological polar surface area (TPSA) is 84.8 Å². The normalized spacial score (nSPS) is 19.2. The van der Waals surface area contributed by atoms with E-state index >= 15 is 0 Å². The number of amides is 1. The van der Waals surface area contributed by atoms with E-state index in [1.807, 2.05) is 36.4 Å². The Labute approximate surface area is 281 Å². The molecule has 1 N–H and O–H groups in total. The number of nitrogens with one attached hydrogen (secondary N) is 1. The average Bonchev–Trinajstić information content (AvgIpc) is 3.79. The predicted molar refractivity (Wildman–Crippen MR) is 179 cm³/mol. The van der Waals surface area contributed by atoms with Crippen LogP contribution in [0, 0.1) is 23.4 Å². The number of rotatable bonds is 10. The van der Waals surface area contributed by atoms with Crippen molar-refractivity contribution < 1.29 is 27.4 Å². The van der Waals surface area contributed by atoms with Gasteiger partial charge in [-0.05, 0) is 85.3 Å². The SMILES string of the molecule is O=C(Nc1ccc(F)cc1)c1ccc(N2CCN(c3ccc(OCC4CO[C@@](Cn5cncn5)(c5ccc(F)cc5F)C4)cc3)CC2)cc1. The van der Waals surface area contributed by atoms with Crippen molar-refractivity contribution in [2.75, 3.05) is 54.5 Å². The van der Waals surface area contributed by atoms with E-state index in [4.69, 9.17) is 9.47 Å². The van der Waals surface area contributed by atoms with Crippen molar-refractivity contribution in [3.63, 3.8) is 0 Å². The van der Waals surface area contributed by atoms with Gasteiger partial charge in [-0.2, -0.15) is 5.10 Å². The number of hydrogen-bond donors (Lipinski definition) is 1. The Balaban J connectivity index is 0.905. The number of halogens is 3. The number of carbonyl (C=O) groups is 1. The third-order valence-corrected chi connectivity index (χ3v) is 9.08. The van der Waals surface area contributed by atoms with Gasteiger partial charge in [0.05, 0.1) is 19.8 Å². The first kappa shape index (κ1) is 32.2. The largest absolute Gasteiger partial charge is 0.493 e. The van der Waals surface area contributed by atoms with E-state index in [-0.39, 0.29) is 24.2 Å². The Morgan fingerprint density at radius 3 is 2.14 bits per heavy atom. The van der Waals surface area contributed by atoms with Crippen molar-refractivity contribution in [3.8, 4) is 5.75 Å². The molecule has 2 atom stereocenters. The lowest BCUT2D eigenvalue weighted by molar-refractivity contribution is -0.0206. The molecule has 1 unspecified atom stereocenters. The molecule has 2 fully saturated rings. The van der Waals surface area contributed by atoms with Crippen LogP contribution in [0.5, 0.6) is 5.75 Å². The highest BCUT2D eigenvalue weighted by atomic mass is 19.1. The van der Waals surface area contributed by atoms with Crippen molar-refractivity contribution in [2.45, 2.75) is 18.6 Å². The van der Waals surface area contributed by atoms with Gasteiger partial charge < -0.3 is 24.6 Å². The number of nitrogens with zero attached hydrogens (tertiary/aromatic N) is 5. The summed E-state index contributed by atoms with van der Waals surface area (Å²) >= 11 is 0. The van der Waals surface area contributed by atoms with Crippen LogP contribution in [0.25, 0.3) is 0 Å². The van der Waals surface area contributed by atoms with Gasteiger partial charge in [-0.15, -0.1) is 0 Å². The number of hydrogen-bond acceptors (Lipinski definition) is 7. The van der Waals surface area contributed by atoms with Crippen LogP contribution in [0.15, 0.2) is 104 Å². The van der Waals surface area contributed by atoms with Crippen molar-refractivity contribution in [2.24, 2.45) is 5.92 Å². The van der Waals surface area contributed by atoms with E-state index in [1.54, 1.807) is 23.1 Å². The van der Waals surface area contributed by atoms with Gasteiger partial charge in [-0.3, -0.25) is 4.79 Å². The monoisotopic (exact) mass is 668 g/mol. The molecule has 0 saturated carbocycles. The van der Waals surface area contributed by atoms with E-state index in [0.717, 1.165) is 49.4 Å². The first-order chi connectivity index (χ1) is 23.8. The van der Waals surface area contributed by atoms with Crippen molar-refractivity contribution in [3.05, 3.63) is 132 Å². The molecule has 5 aromatic rings. The number of piperazine rings is 1. The van der Waals surface area contributed by atoms with Gasteiger partial charge in [0.25, 0.3) is 5.91 Å². The highest BCUT2D eigenvalue weighted by molar-refractivity contribution is 6.04. The van der Waals surface area contributed by atoms with Crippen LogP contribution >= 0.6 is 0 Å². The zero-order valence-electron chi connectivity index (χ0n) is 26.6. The second-order valence-corrected chi connectivity index (χ2v) is 12.4. The molecule has 1 aromatic heterocycles. The van der Waals surface area contributed by atoms with Gasteiger partial charge in [-0.1, -0.05) is 6.07 Å². The fraction of sp³-hybridized carbons (Fsp3) is 0.270. The molecule has 252 valence electrons. The van der Waals surface area contributed by atoms with Gasteiger partial charge in [0.2, 0.25) is 0 Å². The quantitative estimate of drug-likeness (QED) is 0.188. The molecule has 2 aliphatic rings. The molecular weight excluding hydrogens is 633 g/mol. The summed E-state index contributed by atoms with van der Waals surface area (Å²) in [5.41, 5.74) is 2.49. The maximum absolute atomic E-state index is 14.9. The number of benzene rings is 4. The number of anilines is 3. The fourth-order valence-corrected chi connectivity index (χ4v) is 6.54. The molecule has 7 rings (SSSR count). The first-order valence-corrected chi connectivity index (χ1v) is 16.2. The van der Waals surface area contributed by atoms with E-state index < -0.39 is 17.2 Å². The second kappa shape index (κ2) is 14.0. The Morgan fingerprint density at radius 2 is 1.51 bits per heavy atom. The zero-order chi connectivity index (χ0) is 33.8. The number of aromatic nitrogens is 3. The minimum Gasteiger partial charge on any atom is -0.493 e. The molecule has 12 heteroatoms. The van der Waals surface area contributed by atoms with Gasteiger partial charge in [0.1, 0.15) is 41.5 Å². The molecule has 0 radical (unpaired) electrons. The van der Waals surface area contributed by atoms with Crippen LogP contribution in [0.1, 0.15) is 22.3 Å². The lowest BCUT2D eigenvalue weighted by Gasteiger charge is -2.37. The highest BCUT2D eigenvalue weighted by Gasteiger charge is 2.44. The van der Waals surface area contributed by atoms with Crippen LogP contribution in [-0.2, 0) is 16.9 Å². The summed E-state index contributed by atoms with van der Waals surface area (Å²) in [5.74, 6) is -1.18. The van der Waals surface area contributed by atoms with Crippen molar-refractivity contribution in [1.29, 1.82) is 0 Å². The summed E-state index contributed by atoms with van der Waals surface area (Å²) in [6, 6.07) is 24.8. The van der Waals surface area contributed by atoms with E-state index in [1.165, 1.54) is 42.7 Å². The molecule has 0 aliphatic carbocycles. The molecular formula is C37H35F3N6O3. The third-order valence-electron chi connectivity index (χ3n) is 9.08. The summed E-state index contributed by atoms with van der Waals surface area (Å²) in [6.07, 6.45) is 3.44. The second-order valence-electron chi connectivity index (χ2n) is 12.4. The smallest absolute Gasteiger partial charge is 0.255 e. The molecule has 2 saturated heterocycles. The summed E-state index contributed by atoms with van der Waals surface area (Å²) in [6.45, 7) is 4.31. The van der Waals surface area contributed by atoms with Crippen molar-refractivity contribution in [1.82, 2.24) is 14.8 Å². The molecule has 3 heterocycles. The van der Waals surface area contributed by atoms with Gasteiger partial charge in [0.15, 0.2) is 0 Å². The Kier molecular flexibility index (Phi) is 9.21. The lowest BCUT2D eigenvalue weighted by atomic mass is 9.87. The standard InChI is InChI=1S/C37H35F3N6O3/c38-28-3-6-30(7-4-28)43-36(47)27-1-8-31(9-2-27)44-15-17-45(18-16-44)32-10-12-33(13-11-32)48-21-26-20-37(49-22-26,23-46-25-41-24-42-46)34-14-5-29(39)19-35(34)40/h1-14,19,24-26H,15-18,20-23H2,(H,43,47)/t26?,37-/m0/s1. The summed E-state index contributed by atoms with van der Waals surface area (Å²) in [5, 5.41) is 6.96. The number of carbonyl (C=O) groups excluding carboxylic acids is 1. The fourth-order valence-electron chi connectivity index (χ4n) is 6.54. The minimum atomic E-state index is -1.02. The van der Waals surface area contributed by atoms with Crippen LogP contribution in [-0.4, -0.2) is 60.1 Å². The van der Waals surface area contributed by atoms with Crippen molar-refractivity contribution >= 4 is 23.0 Å². The van der Waals surface area contributed by atoms with E-state index in [9.17, 15) is 18.0 Å². The summed E-state index contributed by atoms with van der Waals surface area (Å²) < 4.78 is 55.8. The summed E-state index contributed by atoms with van der Waals surface area (Å²) in [7, 11) is 0. The maximum Gasteiger partial charge on any atom is 0.255 e. The highest BCUT2D eigenvalue weighted by Crippen LogP contribution is 2.42. The molecule has 49 heavy (non-hydrogen) atoms. The molecule has 4 aromatic carbocycles. The van der Waals surface area contributed by atoms with Gasteiger partial charge >= 0.3 is 0 Å². The van der Waals surface area contributed by atoms with E-state index in [0.29, 0.717) is 36.4 Å². The Morgan fingerprint density at radius 1 is 0.857 bits per heavy atom. The number of ether oxygens (including phenoxy) is 2. The first-order valence-electron chi connectivity index (χ1n) is 16.2. The summed E-state index contributed by atoms with van der Waals surface area (Å²) in [4.78, 5) is 21.2. The zero-order valence-corrected chi connectivity index (χ0v) is 26.6. The van der Waals surface area contributed by atoms with E-state index in [2.05, 4.69) is 25.2 Å². The Bertz CT molecular complexity index is 1870. The molecule has 1 amide bonds. The van der Waals surface area contributed by atoms with Crippen LogP contribution in [0.2, 0.25) is 0 Å². The van der Waals surface area contributed by atoms with Crippen LogP contribution in [0.3, 0.4) is 0 Å². The predicted octanol–water partition coefficient (Wildman–Crippen LogP) is 6.29. The van der Waals surface area contributed by atoms with Crippen LogP contribution in [0.4, 0.5) is 30.2 Å². The van der Waals surface area contributed by atoms with Gasteiger partial charge in [-0.25, -0.2) is 22.8 Å². The molecule has 2 aliphatic heterocycles. The molecule has 9 nitrogen and oxygen atoms in total. The van der Waals surface area contributed by atoms with Crippen LogP contribution < -0.4 is 19.9 Å². The van der Waals surface area contributed by atoms with Gasteiger partial charge in [0, 0.05) is 66.4 Å². The Hall–Kier alpha value is -5.36. The lowest BCUT2D eigenvalue weighted by Crippen LogP contribution is -2.46. The third kappa shape index (κ3) is 7.39. The maximum atomic E-state index is 14.9. The molecule has 0 bridgehead atoms. The average molecular weight is 669 g/mol. The molecule has 0 spiro atoms.